The van der Waals surface area contributed by atoms with Crippen molar-refractivity contribution in [1.29, 1.82) is 0 Å². The zero-order valence-electron chi connectivity index (χ0n) is 9.49. The minimum absolute atomic E-state index is 0.225. The summed E-state index contributed by atoms with van der Waals surface area (Å²) in [5.41, 5.74) is 1.07. The maximum absolute atomic E-state index is 12.6. The first-order valence-electron chi connectivity index (χ1n) is 5.30. The number of hydrogen-bond acceptors (Lipinski definition) is 3. The van der Waals surface area contributed by atoms with Gasteiger partial charge in [-0.05, 0) is 23.8 Å². The topological polar surface area (TPSA) is 33.1 Å². The summed E-state index contributed by atoms with van der Waals surface area (Å²) >= 11 is 4.52. The van der Waals surface area contributed by atoms with Gasteiger partial charge in [-0.1, -0.05) is 15.9 Å². The van der Waals surface area contributed by atoms with E-state index in [2.05, 4.69) is 20.9 Å². The van der Waals surface area contributed by atoms with E-state index in [1.54, 1.807) is 11.7 Å². The molecule has 0 amide bonds. The Balaban J connectivity index is 2.28. The van der Waals surface area contributed by atoms with Gasteiger partial charge >= 0.3 is 6.18 Å². The molecule has 1 heterocycles. The van der Waals surface area contributed by atoms with Crippen LogP contribution in [0.15, 0.2) is 34.4 Å². The van der Waals surface area contributed by atoms with Crippen LogP contribution in [0.5, 0.6) is 0 Å². The van der Waals surface area contributed by atoms with Crippen LogP contribution in [0, 0.1) is 0 Å². The summed E-state index contributed by atoms with van der Waals surface area (Å²) in [6.45, 7) is 0. The van der Waals surface area contributed by atoms with Gasteiger partial charge in [-0.15, -0.1) is 11.3 Å². The van der Waals surface area contributed by atoms with Crippen LogP contribution in [0.4, 0.5) is 13.2 Å². The molecule has 2 rings (SSSR count). The predicted molar refractivity (Wildman–Crippen MR) is 69.9 cm³/mol. The number of thiazole rings is 1. The molecule has 0 saturated heterocycles. The van der Waals surface area contributed by atoms with Gasteiger partial charge in [-0.3, -0.25) is 4.98 Å². The fourth-order valence-electron chi connectivity index (χ4n) is 1.62. The Hall–Kier alpha value is -0.920. The molecule has 0 aliphatic heterocycles. The highest BCUT2D eigenvalue weighted by Crippen LogP contribution is 2.34. The molecule has 0 bridgehead atoms. The molecule has 0 fully saturated rings. The van der Waals surface area contributed by atoms with Crippen LogP contribution < -0.4 is 0 Å². The fourth-order valence-corrected chi connectivity index (χ4v) is 2.76. The van der Waals surface area contributed by atoms with Gasteiger partial charge in [0.15, 0.2) is 0 Å². The fraction of sp³-hybridized carbons (Fsp3) is 0.250. The second-order valence-electron chi connectivity index (χ2n) is 3.92. The lowest BCUT2D eigenvalue weighted by Crippen LogP contribution is -2.08. The lowest BCUT2D eigenvalue weighted by atomic mass is 10.0. The molecule has 2 nitrogen and oxygen atoms in total. The van der Waals surface area contributed by atoms with Crippen LogP contribution in [0.1, 0.15) is 22.1 Å². The third-order valence-electron chi connectivity index (χ3n) is 2.56. The highest BCUT2D eigenvalue weighted by Gasteiger charge is 2.31. The molecule has 7 heteroatoms. The van der Waals surface area contributed by atoms with E-state index in [9.17, 15) is 18.3 Å². The second-order valence-corrected chi connectivity index (χ2v) is 5.75. The molecule has 0 radical (unpaired) electrons. The Labute approximate surface area is 120 Å². The van der Waals surface area contributed by atoms with Crippen molar-refractivity contribution in [3.63, 3.8) is 0 Å². The van der Waals surface area contributed by atoms with Crippen molar-refractivity contribution in [2.45, 2.75) is 18.7 Å². The average Bonchev–Trinajstić information content (AvgIpc) is 2.80. The highest BCUT2D eigenvalue weighted by molar-refractivity contribution is 9.10. The number of halogens is 4. The summed E-state index contributed by atoms with van der Waals surface area (Å²) in [6, 6.07) is 3.25. The van der Waals surface area contributed by atoms with Gasteiger partial charge in [0.25, 0.3) is 0 Å². The first-order valence-corrected chi connectivity index (χ1v) is 6.97. The van der Waals surface area contributed by atoms with Crippen LogP contribution in [-0.2, 0) is 12.6 Å². The van der Waals surface area contributed by atoms with E-state index < -0.39 is 17.8 Å². The first-order chi connectivity index (χ1) is 8.88. The van der Waals surface area contributed by atoms with Crippen LogP contribution in [0.2, 0.25) is 0 Å². The zero-order valence-corrected chi connectivity index (χ0v) is 11.9. The van der Waals surface area contributed by atoms with E-state index in [1.165, 1.54) is 17.4 Å². The Morgan fingerprint density at radius 2 is 2.11 bits per heavy atom. The van der Waals surface area contributed by atoms with Gasteiger partial charge in [-0.25, -0.2) is 0 Å². The van der Waals surface area contributed by atoms with Crippen molar-refractivity contribution in [1.82, 2.24) is 4.98 Å². The van der Waals surface area contributed by atoms with E-state index in [1.807, 2.05) is 0 Å². The number of nitrogens with zero attached hydrogens (tertiary/aromatic N) is 1. The van der Waals surface area contributed by atoms with E-state index >= 15 is 0 Å². The number of rotatable bonds is 3. The Kier molecular flexibility index (Phi) is 4.27. The summed E-state index contributed by atoms with van der Waals surface area (Å²) in [7, 11) is 0. The quantitative estimate of drug-likeness (QED) is 0.898. The molecule has 1 atom stereocenters. The average molecular weight is 352 g/mol. The SMILES string of the molecule is OC(Cc1cncs1)c1cc(C(F)(F)F)ccc1Br. The largest absolute Gasteiger partial charge is 0.416 e. The highest BCUT2D eigenvalue weighted by atomic mass is 79.9. The molecular formula is C12H9BrF3NOS. The second kappa shape index (κ2) is 5.60. The van der Waals surface area contributed by atoms with Crippen LogP contribution >= 0.6 is 27.3 Å². The van der Waals surface area contributed by atoms with Crippen molar-refractivity contribution >= 4 is 27.3 Å². The third-order valence-corrected chi connectivity index (χ3v) is 4.08. The molecule has 0 aliphatic rings. The molecule has 2 aromatic rings. The summed E-state index contributed by atoms with van der Waals surface area (Å²) in [6.07, 6.45) is -3.59. The van der Waals surface area contributed by atoms with E-state index in [4.69, 9.17) is 0 Å². The van der Waals surface area contributed by atoms with Gasteiger partial charge in [0, 0.05) is 22.0 Å². The van der Waals surface area contributed by atoms with Gasteiger partial charge in [0.05, 0.1) is 17.2 Å². The monoisotopic (exact) mass is 351 g/mol. The first kappa shape index (κ1) is 14.5. The summed E-state index contributed by atoms with van der Waals surface area (Å²) in [5, 5.41) is 10.0. The molecule has 19 heavy (non-hydrogen) atoms. The van der Waals surface area contributed by atoms with Gasteiger partial charge in [0.2, 0.25) is 0 Å². The molecule has 0 aliphatic carbocycles. The standard InChI is InChI=1S/C12H9BrF3NOS/c13-10-2-1-7(12(14,15)16)3-9(10)11(18)4-8-5-17-6-19-8/h1-3,5-6,11,18H,4H2. The zero-order chi connectivity index (χ0) is 14.0. The summed E-state index contributed by atoms with van der Waals surface area (Å²) in [4.78, 5) is 4.68. The van der Waals surface area contributed by atoms with Crippen molar-refractivity contribution in [3.05, 3.63) is 50.4 Å². The number of aliphatic hydroxyl groups excluding tert-OH is 1. The maximum Gasteiger partial charge on any atom is 0.416 e. The van der Waals surface area contributed by atoms with Crippen LogP contribution in [0.25, 0.3) is 0 Å². The van der Waals surface area contributed by atoms with Crippen molar-refractivity contribution in [3.8, 4) is 0 Å². The van der Waals surface area contributed by atoms with Crippen molar-refractivity contribution < 1.29 is 18.3 Å². The van der Waals surface area contributed by atoms with Crippen molar-refractivity contribution in [2.75, 3.05) is 0 Å². The molecule has 102 valence electrons. The number of aromatic nitrogens is 1. The number of alkyl halides is 3. The Morgan fingerprint density at radius 1 is 1.37 bits per heavy atom. The van der Waals surface area contributed by atoms with Gasteiger partial charge in [-0.2, -0.15) is 13.2 Å². The summed E-state index contributed by atoms with van der Waals surface area (Å²) in [5.74, 6) is 0. The van der Waals surface area contributed by atoms with E-state index in [0.717, 1.165) is 17.0 Å². The minimum Gasteiger partial charge on any atom is -0.388 e. The van der Waals surface area contributed by atoms with Gasteiger partial charge < -0.3 is 5.11 Å². The van der Waals surface area contributed by atoms with Crippen LogP contribution in [-0.4, -0.2) is 10.1 Å². The molecule has 1 unspecified atom stereocenters. The third kappa shape index (κ3) is 3.55. The lowest BCUT2D eigenvalue weighted by Gasteiger charge is -2.15. The molecule has 0 saturated carbocycles. The smallest absolute Gasteiger partial charge is 0.388 e. The number of aliphatic hydroxyl groups is 1. The molecule has 1 aromatic heterocycles. The predicted octanol–water partition coefficient (Wildman–Crippen LogP) is 4.20. The molecule has 0 spiro atoms. The number of hydrogen-bond donors (Lipinski definition) is 1. The summed E-state index contributed by atoms with van der Waals surface area (Å²) < 4.78 is 38.4. The molecule has 1 aromatic carbocycles. The molecular weight excluding hydrogens is 343 g/mol. The Bertz CT molecular complexity index is 557. The van der Waals surface area contributed by atoms with E-state index in [0.29, 0.717) is 4.47 Å². The normalized spacial score (nSPS) is 13.5. The minimum atomic E-state index is -4.42. The van der Waals surface area contributed by atoms with E-state index in [-0.39, 0.29) is 12.0 Å². The Morgan fingerprint density at radius 3 is 2.68 bits per heavy atom. The van der Waals surface area contributed by atoms with Crippen LogP contribution in [0.3, 0.4) is 0 Å². The van der Waals surface area contributed by atoms with Crippen molar-refractivity contribution in [2.24, 2.45) is 0 Å². The lowest BCUT2D eigenvalue weighted by molar-refractivity contribution is -0.137. The number of benzene rings is 1. The molecule has 1 N–H and O–H groups in total. The van der Waals surface area contributed by atoms with Gasteiger partial charge in [0.1, 0.15) is 0 Å². The maximum atomic E-state index is 12.6.